The Hall–Kier alpha value is -2.24. The van der Waals surface area contributed by atoms with E-state index in [1.165, 1.54) is 0 Å². The molecule has 1 fully saturated rings. The van der Waals surface area contributed by atoms with Gasteiger partial charge in [-0.1, -0.05) is 29.8 Å². The summed E-state index contributed by atoms with van der Waals surface area (Å²) in [5.41, 5.74) is 2.90. The molecule has 0 spiro atoms. The summed E-state index contributed by atoms with van der Waals surface area (Å²) in [5, 5.41) is 17.4. The summed E-state index contributed by atoms with van der Waals surface area (Å²) < 4.78 is 0. The number of nitrogens with one attached hydrogen (secondary N) is 2. The van der Waals surface area contributed by atoms with Crippen LogP contribution in [0.5, 0.6) is 5.75 Å². The van der Waals surface area contributed by atoms with E-state index < -0.39 is 0 Å². The van der Waals surface area contributed by atoms with E-state index >= 15 is 0 Å². The fourth-order valence-corrected chi connectivity index (χ4v) is 3.61. The zero-order chi connectivity index (χ0) is 19.4. The van der Waals surface area contributed by atoms with E-state index in [4.69, 9.17) is 16.6 Å². The smallest absolute Gasteiger partial charge is 0.198 e. The van der Waals surface area contributed by atoms with Crippen molar-refractivity contribution < 1.29 is 5.11 Å². The molecule has 2 unspecified atom stereocenters. The Morgan fingerprint density at radius 1 is 1.22 bits per heavy atom. The molecule has 3 N–H and O–H groups in total. The van der Waals surface area contributed by atoms with Gasteiger partial charge in [0.2, 0.25) is 0 Å². The Kier molecular flexibility index (Phi) is 6.24. The number of aliphatic imine (C=N–C) groups is 1. The van der Waals surface area contributed by atoms with Crippen molar-refractivity contribution in [3.05, 3.63) is 58.6 Å². The lowest BCUT2D eigenvalue weighted by atomic mass is 10.1. The molecule has 0 aromatic heterocycles. The van der Waals surface area contributed by atoms with Crippen molar-refractivity contribution in [1.29, 1.82) is 0 Å². The summed E-state index contributed by atoms with van der Waals surface area (Å²) in [4.78, 5) is 7.14. The molecule has 144 valence electrons. The van der Waals surface area contributed by atoms with E-state index in [0.717, 1.165) is 40.9 Å². The number of piperazine rings is 1. The highest BCUT2D eigenvalue weighted by molar-refractivity contribution is 6.31. The van der Waals surface area contributed by atoms with Gasteiger partial charge in [-0.15, -0.1) is 0 Å². The van der Waals surface area contributed by atoms with Crippen molar-refractivity contribution in [3.8, 4) is 5.75 Å². The molecule has 2 atom stereocenters. The van der Waals surface area contributed by atoms with Crippen LogP contribution in [0.1, 0.15) is 25.0 Å². The predicted molar refractivity (Wildman–Crippen MR) is 113 cm³/mol. The summed E-state index contributed by atoms with van der Waals surface area (Å²) in [6.45, 7) is 8.58. The van der Waals surface area contributed by atoms with E-state index in [-0.39, 0.29) is 5.75 Å². The van der Waals surface area contributed by atoms with Gasteiger partial charge in [0.1, 0.15) is 5.75 Å². The van der Waals surface area contributed by atoms with Crippen molar-refractivity contribution in [3.63, 3.8) is 0 Å². The summed E-state index contributed by atoms with van der Waals surface area (Å²) >= 11 is 6.30. The van der Waals surface area contributed by atoms with Crippen LogP contribution < -0.4 is 10.6 Å². The molecule has 0 aliphatic carbocycles. The van der Waals surface area contributed by atoms with Gasteiger partial charge >= 0.3 is 0 Å². The van der Waals surface area contributed by atoms with Gasteiger partial charge in [0.25, 0.3) is 0 Å². The van der Waals surface area contributed by atoms with E-state index in [1.807, 2.05) is 37.3 Å². The van der Waals surface area contributed by atoms with E-state index in [1.54, 1.807) is 12.1 Å². The minimum absolute atomic E-state index is 0.261. The van der Waals surface area contributed by atoms with Gasteiger partial charge in [-0.25, -0.2) is 4.99 Å². The molecule has 0 amide bonds. The number of halogens is 1. The third kappa shape index (κ3) is 5.15. The normalized spacial score (nSPS) is 20.6. The van der Waals surface area contributed by atoms with Crippen LogP contribution in [-0.4, -0.2) is 41.1 Å². The highest BCUT2D eigenvalue weighted by Crippen LogP contribution is 2.22. The standard InChI is InChI=1S/C21H27ClN4O/c1-14-10-18(27)8-9-20(14)25-21(26-12-15(2)24-16(3)13-26)23-11-17-6-4-5-7-19(17)22/h4-10,15-16,24,27H,11-13H2,1-3H3,(H,23,25). The molecule has 2 aromatic carbocycles. The lowest BCUT2D eigenvalue weighted by Gasteiger charge is -2.38. The summed E-state index contributed by atoms with van der Waals surface area (Å²) in [5.74, 6) is 1.08. The Bertz CT molecular complexity index is 814. The molecule has 3 rings (SSSR count). The maximum atomic E-state index is 9.68. The molecule has 1 aliphatic heterocycles. The minimum atomic E-state index is 0.261. The first-order chi connectivity index (χ1) is 12.9. The number of anilines is 1. The number of nitrogens with zero attached hydrogens (tertiary/aromatic N) is 2. The molecule has 5 nitrogen and oxygen atoms in total. The summed E-state index contributed by atoms with van der Waals surface area (Å²) in [7, 11) is 0. The number of rotatable bonds is 3. The first-order valence-corrected chi connectivity index (χ1v) is 9.65. The zero-order valence-corrected chi connectivity index (χ0v) is 16.8. The number of aryl methyl sites for hydroxylation is 1. The van der Waals surface area contributed by atoms with Crippen LogP contribution in [0.25, 0.3) is 0 Å². The second-order valence-corrected chi connectivity index (χ2v) is 7.64. The second-order valence-electron chi connectivity index (χ2n) is 7.23. The lowest BCUT2D eigenvalue weighted by Crippen LogP contribution is -2.57. The largest absolute Gasteiger partial charge is 0.508 e. The van der Waals surface area contributed by atoms with Crippen LogP contribution in [0.15, 0.2) is 47.5 Å². The van der Waals surface area contributed by atoms with Crippen molar-refractivity contribution in [2.24, 2.45) is 4.99 Å². The molecular formula is C21H27ClN4O. The third-order valence-corrected chi connectivity index (χ3v) is 5.04. The Morgan fingerprint density at radius 2 is 1.93 bits per heavy atom. The molecule has 27 heavy (non-hydrogen) atoms. The number of guanidine groups is 1. The summed E-state index contributed by atoms with van der Waals surface area (Å²) in [6, 6.07) is 13.9. The Labute approximate surface area is 166 Å². The molecule has 0 radical (unpaired) electrons. The van der Waals surface area contributed by atoms with Gasteiger partial charge in [-0.3, -0.25) is 0 Å². The molecule has 1 saturated heterocycles. The number of phenolic OH excluding ortho intramolecular Hbond substituents is 1. The van der Waals surface area contributed by atoms with Crippen LogP contribution in [0, 0.1) is 6.92 Å². The number of hydrogen-bond donors (Lipinski definition) is 3. The zero-order valence-electron chi connectivity index (χ0n) is 16.0. The van der Waals surface area contributed by atoms with Crippen LogP contribution in [-0.2, 0) is 6.54 Å². The van der Waals surface area contributed by atoms with Gasteiger partial charge < -0.3 is 20.6 Å². The molecule has 2 aromatic rings. The van der Waals surface area contributed by atoms with Crippen molar-refractivity contribution in [2.75, 3.05) is 18.4 Å². The summed E-state index contributed by atoms with van der Waals surface area (Å²) in [6.07, 6.45) is 0. The second kappa shape index (κ2) is 8.63. The lowest BCUT2D eigenvalue weighted by molar-refractivity contribution is 0.254. The predicted octanol–water partition coefficient (Wildman–Crippen LogP) is 4.00. The maximum absolute atomic E-state index is 9.68. The average Bonchev–Trinajstić information content (AvgIpc) is 2.60. The quantitative estimate of drug-likeness (QED) is 0.424. The van der Waals surface area contributed by atoms with Crippen LogP contribution in [0.3, 0.4) is 0 Å². The van der Waals surface area contributed by atoms with Gasteiger partial charge in [0.05, 0.1) is 6.54 Å². The minimum Gasteiger partial charge on any atom is -0.508 e. The van der Waals surface area contributed by atoms with E-state index in [9.17, 15) is 5.11 Å². The molecule has 1 heterocycles. The first kappa shape index (κ1) is 19.5. The van der Waals surface area contributed by atoms with Crippen molar-refractivity contribution in [2.45, 2.75) is 39.4 Å². The SMILES string of the molecule is Cc1cc(O)ccc1NC(=NCc1ccccc1Cl)N1CC(C)NC(C)C1. The Balaban J connectivity index is 1.88. The van der Waals surface area contributed by atoms with Gasteiger partial charge in [-0.2, -0.15) is 0 Å². The van der Waals surface area contributed by atoms with Gasteiger partial charge in [0, 0.05) is 35.9 Å². The molecule has 1 aliphatic rings. The Morgan fingerprint density at radius 3 is 2.59 bits per heavy atom. The average molecular weight is 387 g/mol. The molecule has 6 heteroatoms. The van der Waals surface area contributed by atoms with Gasteiger partial charge in [-0.05, 0) is 56.2 Å². The number of aromatic hydroxyl groups is 1. The monoisotopic (exact) mass is 386 g/mol. The topological polar surface area (TPSA) is 59.9 Å². The number of phenols is 1. The highest BCUT2D eigenvalue weighted by atomic mass is 35.5. The maximum Gasteiger partial charge on any atom is 0.198 e. The number of hydrogen-bond acceptors (Lipinski definition) is 3. The van der Waals surface area contributed by atoms with Crippen molar-refractivity contribution >= 4 is 23.2 Å². The van der Waals surface area contributed by atoms with Crippen LogP contribution in [0.2, 0.25) is 5.02 Å². The fraction of sp³-hybridized carbons (Fsp3) is 0.381. The number of benzene rings is 2. The van der Waals surface area contributed by atoms with Crippen molar-refractivity contribution in [1.82, 2.24) is 10.2 Å². The van der Waals surface area contributed by atoms with Crippen LogP contribution >= 0.6 is 11.6 Å². The van der Waals surface area contributed by atoms with E-state index in [2.05, 4.69) is 29.4 Å². The highest BCUT2D eigenvalue weighted by Gasteiger charge is 2.24. The fourth-order valence-electron chi connectivity index (χ4n) is 3.41. The van der Waals surface area contributed by atoms with Gasteiger partial charge in [0.15, 0.2) is 5.96 Å². The first-order valence-electron chi connectivity index (χ1n) is 9.28. The van der Waals surface area contributed by atoms with E-state index in [0.29, 0.717) is 18.6 Å². The third-order valence-electron chi connectivity index (χ3n) is 4.67. The molecule has 0 bridgehead atoms. The van der Waals surface area contributed by atoms with Crippen LogP contribution in [0.4, 0.5) is 5.69 Å². The molecule has 0 saturated carbocycles. The molecular weight excluding hydrogens is 360 g/mol.